The van der Waals surface area contributed by atoms with Crippen LogP contribution in [0.1, 0.15) is 42.6 Å². The van der Waals surface area contributed by atoms with Gasteiger partial charge in [0.05, 0.1) is 11.4 Å². The van der Waals surface area contributed by atoms with Crippen molar-refractivity contribution in [3.05, 3.63) is 86.9 Å². The summed E-state index contributed by atoms with van der Waals surface area (Å²) in [4.78, 5) is 32.2. The number of rotatable bonds is 6. The van der Waals surface area contributed by atoms with Crippen LogP contribution in [0.2, 0.25) is 0 Å². The van der Waals surface area contributed by atoms with Gasteiger partial charge in [-0.1, -0.05) is 37.8 Å². The molecule has 0 bridgehead atoms. The van der Waals surface area contributed by atoms with E-state index < -0.39 is 0 Å². The molecule has 3 aliphatic rings. The molecule has 0 amide bonds. The van der Waals surface area contributed by atoms with Crippen molar-refractivity contribution in [2.45, 2.75) is 38.5 Å². The Morgan fingerprint density at radius 1 is 1.06 bits per heavy atom. The number of phenols is 1. The molecule has 2 heterocycles. The summed E-state index contributed by atoms with van der Waals surface area (Å²) in [6.45, 7) is 0. The fourth-order valence-electron chi connectivity index (χ4n) is 4.59. The summed E-state index contributed by atoms with van der Waals surface area (Å²) in [6.07, 6.45) is 7.91. The SMILES string of the molecule is O=Nc1ccc(Cc2nc3c(CC4CCCC4)[nH]c(-c4ccc(O)cc4)cn-3c2=O)cc1. The fraction of sp³-hybridized carbons (Fsp3) is 0.280. The molecule has 0 spiro atoms. The van der Waals surface area contributed by atoms with Gasteiger partial charge in [-0.05, 0) is 65.0 Å². The van der Waals surface area contributed by atoms with E-state index >= 15 is 0 Å². The zero-order valence-corrected chi connectivity index (χ0v) is 17.6. The van der Waals surface area contributed by atoms with Crippen molar-refractivity contribution in [3.8, 4) is 22.8 Å². The number of fused-ring (bicyclic) bond motifs is 1. The maximum Gasteiger partial charge on any atom is 0.278 e. The van der Waals surface area contributed by atoms with Gasteiger partial charge < -0.3 is 10.1 Å². The van der Waals surface area contributed by atoms with Crippen molar-refractivity contribution in [1.29, 1.82) is 0 Å². The van der Waals surface area contributed by atoms with Gasteiger partial charge in [-0.15, -0.1) is 4.91 Å². The van der Waals surface area contributed by atoms with Crippen LogP contribution < -0.4 is 5.56 Å². The van der Waals surface area contributed by atoms with Gasteiger partial charge >= 0.3 is 0 Å². The molecule has 1 aliphatic carbocycles. The number of aromatic nitrogens is 3. The summed E-state index contributed by atoms with van der Waals surface area (Å²) in [7, 11) is 0. The lowest BCUT2D eigenvalue weighted by atomic mass is 10.0. The van der Waals surface area contributed by atoms with Crippen molar-refractivity contribution >= 4 is 5.69 Å². The van der Waals surface area contributed by atoms with Crippen molar-refractivity contribution in [2.24, 2.45) is 11.1 Å². The Hall–Kier alpha value is -3.74. The summed E-state index contributed by atoms with van der Waals surface area (Å²) in [5.41, 5.74) is 4.26. The minimum absolute atomic E-state index is 0.140. The lowest BCUT2D eigenvalue weighted by Crippen LogP contribution is -2.18. The Labute approximate surface area is 185 Å². The van der Waals surface area contributed by atoms with E-state index in [1.807, 2.05) is 12.1 Å². The third-order valence-electron chi connectivity index (χ3n) is 6.31. The first-order chi connectivity index (χ1) is 15.6. The van der Waals surface area contributed by atoms with Crippen LogP contribution in [0.5, 0.6) is 5.75 Å². The number of aromatic amines is 1. The molecule has 0 radical (unpaired) electrons. The topological polar surface area (TPSA) is 100 Å². The molecule has 2 N–H and O–H groups in total. The van der Waals surface area contributed by atoms with E-state index in [0.29, 0.717) is 29.5 Å². The number of hydrogen-bond acceptors (Lipinski definition) is 5. The number of imidazole rings is 1. The largest absolute Gasteiger partial charge is 0.508 e. The van der Waals surface area contributed by atoms with E-state index in [-0.39, 0.29) is 11.3 Å². The molecule has 5 rings (SSSR count). The summed E-state index contributed by atoms with van der Waals surface area (Å²) in [5.74, 6) is 1.46. The van der Waals surface area contributed by atoms with Crippen molar-refractivity contribution in [2.75, 3.05) is 0 Å². The highest BCUT2D eigenvalue weighted by Gasteiger charge is 2.23. The van der Waals surface area contributed by atoms with Crippen LogP contribution in [0.15, 0.2) is 64.7 Å². The van der Waals surface area contributed by atoms with Gasteiger partial charge in [0.25, 0.3) is 5.56 Å². The van der Waals surface area contributed by atoms with Gasteiger partial charge in [0.1, 0.15) is 17.1 Å². The molecule has 0 aromatic heterocycles. The normalized spacial score (nSPS) is 14.2. The Morgan fingerprint density at radius 2 is 1.78 bits per heavy atom. The Kier molecular flexibility index (Phi) is 5.31. The second-order valence-corrected chi connectivity index (χ2v) is 8.54. The average Bonchev–Trinajstić information content (AvgIpc) is 3.43. The first-order valence-corrected chi connectivity index (χ1v) is 11.0. The number of phenolic OH excluding ortho intramolecular Hbond substituents is 1. The van der Waals surface area contributed by atoms with Gasteiger partial charge in [0, 0.05) is 12.6 Å². The minimum Gasteiger partial charge on any atom is -0.508 e. The molecule has 32 heavy (non-hydrogen) atoms. The van der Waals surface area contributed by atoms with E-state index in [2.05, 4.69) is 10.2 Å². The first-order valence-electron chi connectivity index (χ1n) is 11.0. The molecule has 1 saturated carbocycles. The monoisotopic (exact) mass is 428 g/mol. The lowest BCUT2D eigenvalue weighted by molar-refractivity contribution is 0.475. The first kappa shape index (κ1) is 20.2. The third-order valence-corrected chi connectivity index (χ3v) is 6.31. The lowest BCUT2D eigenvalue weighted by Gasteiger charge is -2.16. The van der Waals surface area contributed by atoms with E-state index in [1.54, 1.807) is 47.2 Å². The molecule has 7 heteroatoms. The number of nitroso groups, excluding NO2 is 1. The molecular weight excluding hydrogens is 404 g/mol. The van der Waals surface area contributed by atoms with Crippen LogP contribution in [0, 0.1) is 10.8 Å². The highest BCUT2D eigenvalue weighted by atomic mass is 16.3. The molecule has 2 aliphatic heterocycles. The summed E-state index contributed by atoms with van der Waals surface area (Å²) < 4.78 is 1.64. The van der Waals surface area contributed by atoms with Gasteiger partial charge in [0.2, 0.25) is 0 Å². The molecule has 2 aromatic carbocycles. The number of H-pyrrole nitrogens is 1. The predicted molar refractivity (Wildman–Crippen MR) is 123 cm³/mol. The second kappa shape index (κ2) is 8.42. The minimum atomic E-state index is -0.140. The number of nitrogens with zero attached hydrogens (tertiary/aromatic N) is 3. The summed E-state index contributed by atoms with van der Waals surface area (Å²) >= 11 is 0. The molecule has 7 nitrogen and oxygen atoms in total. The zero-order valence-electron chi connectivity index (χ0n) is 17.6. The summed E-state index contributed by atoms with van der Waals surface area (Å²) in [6, 6.07) is 13.8. The standard InChI is InChI=1S/C25H24N4O3/c30-20-11-7-18(8-12-20)23-15-29-24(21(26-23)13-16-3-1-2-4-16)27-22(25(29)31)14-17-5-9-19(28-32)10-6-17/h5-12,15-16,26,30H,1-4,13-14H2. The average molecular weight is 428 g/mol. The molecular formula is C25H24N4O3. The molecule has 1 fully saturated rings. The number of nitrogens with one attached hydrogen (secondary N) is 1. The van der Waals surface area contributed by atoms with Crippen LogP contribution in [0.3, 0.4) is 0 Å². The van der Waals surface area contributed by atoms with Crippen molar-refractivity contribution in [3.63, 3.8) is 0 Å². The Balaban J connectivity index is 1.58. The molecule has 0 unspecified atom stereocenters. The smallest absolute Gasteiger partial charge is 0.278 e. The molecule has 2 aromatic rings. The number of benzene rings is 2. The summed E-state index contributed by atoms with van der Waals surface area (Å²) in [5, 5.41) is 12.6. The molecule has 0 saturated heterocycles. The maximum atomic E-state index is 13.3. The number of aromatic hydroxyl groups is 1. The molecule has 162 valence electrons. The Bertz CT molecular complexity index is 1270. The zero-order chi connectivity index (χ0) is 22.1. The van der Waals surface area contributed by atoms with E-state index in [1.165, 1.54) is 25.7 Å². The predicted octanol–water partition coefficient (Wildman–Crippen LogP) is 5.09. The highest BCUT2D eigenvalue weighted by Crippen LogP contribution is 2.31. The Morgan fingerprint density at radius 3 is 2.47 bits per heavy atom. The highest BCUT2D eigenvalue weighted by molar-refractivity contribution is 5.61. The number of hydrogen-bond donors (Lipinski definition) is 2. The van der Waals surface area contributed by atoms with E-state index in [9.17, 15) is 14.8 Å². The van der Waals surface area contributed by atoms with Crippen molar-refractivity contribution < 1.29 is 5.11 Å². The van der Waals surface area contributed by atoms with Crippen molar-refractivity contribution in [1.82, 2.24) is 14.5 Å². The van der Waals surface area contributed by atoms with E-state index in [0.717, 1.165) is 28.9 Å². The van der Waals surface area contributed by atoms with Gasteiger partial charge in [-0.3, -0.25) is 9.36 Å². The quantitative estimate of drug-likeness (QED) is 0.418. The van der Waals surface area contributed by atoms with Crippen LogP contribution in [0.25, 0.3) is 17.1 Å². The van der Waals surface area contributed by atoms with Crippen LogP contribution in [-0.2, 0) is 12.8 Å². The molecule has 0 atom stereocenters. The second-order valence-electron chi connectivity index (χ2n) is 8.54. The van der Waals surface area contributed by atoms with Crippen LogP contribution in [-0.4, -0.2) is 19.6 Å². The van der Waals surface area contributed by atoms with E-state index in [4.69, 9.17) is 4.98 Å². The fourth-order valence-corrected chi connectivity index (χ4v) is 4.59. The van der Waals surface area contributed by atoms with Crippen LogP contribution >= 0.6 is 0 Å². The van der Waals surface area contributed by atoms with Gasteiger partial charge in [-0.2, -0.15) is 0 Å². The van der Waals surface area contributed by atoms with Gasteiger partial charge in [-0.25, -0.2) is 4.98 Å². The van der Waals surface area contributed by atoms with Gasteiger partial charge in [0.15, 0.2) is 5.82 Å². The third kappa shape index (κ3) is 3.93. The van der Waals surface area contributed by atoms with Crippen LogP contribution in [0.4, 0.5) is 5.69 Å². The maximum absolute atomic E-state index is 13.3.